The van der Waals surface area contributed by atoms with Gasteiger partial charge in [-0.2, -0.15) is 0 Å². The van der Waals surface area contributed by atoms with Gasteiger partial charge in [-0.1, -0.05) is 28.1 Å². The van der Waals surface area contributed by atoms with E-state index in [1.807, 2.05) is 0 Å². The van der Waals surface area contributed by atoms with Crippen LogP contribution in [0, 0.1) is 17.8 Å². The van der Waals surface area contributed by atoms with E-state index in [1.54, 1.807) is 0 Å². The Hall–Kier alpha value is -0.630. The van der Waals surface area contributed by atoms with Crippen LogP contribution in [0.5, 0.6) is 0 Å². The van der Waals surface area contributed by atoms with Crippen molar-refractivity contribution in [3.63, 3.8) is 0 Å². The maximum absolute atomic E-state index is 5.06. The lowest BCUT2D eigenvalue weighted by Crippen LogP contribution is -2.28. The van der Waals surface area contributed by atoms with Crippen LogP contribution in [-0.2, 0) is 0 Å². The van der Waals surface area contributed by atoms with Crippen molar-refractivity contribution in [2.75, 3.05) is 0 Å². The second kappa shape index (κ2) is 3.93. The second-order valence-corrected chi connectivity index (χ2v) is 7.38. The molecule has 0 spiro atoms. The average molecular weight is 304 g/mol. The fourth-order valence-corrected chi connectivity index (χ4v) is 5.17. The molecule has 94 valence electrons. The molecule has 2 atom stereocenters. The lowest BCUT2D eigenvalue weighted by molar-refractivity contribution is 0.269. The number of halogens is 1. The molecule has 0 saturated heterocycles. The van der Waals surface area contributed by atoms with Crippen molar-refractivity contribution < 1.29 is 0 Å². The summed E-state index contributed by atoms with van der Waals surface area (Å²) < 4.78 is 1.14. The summed E-state index contributed by atoms with van der Waals surface area (Å²) in [5.41, 5.74) is 1.56. The van der Waals surface area contributed by atoms with Crippen LogP contribution in [0.3, 0.4) is 0 Å². The van der Waals surface area contributed by atoms with E-state index >= 15 is 0 Å². The summed E-state index contributed by atoms with van der Waals surface area (Å²) in [5.74, 6) is 2.87. The minimum absolute atomic E-state index is 0.329. The van der Waals surface area contributed by atoms with Crippen LogP contribution in [0.4, 0.5) is 0 Å². The molecule has 0 radical (unpaired) electrons. The summed E-state index contributed by atoms with van der Waals surface area (Å²) >= 11 is 3.53. The highest BCUT2D eigenvalue weighted by atomic mass is 79.9. The molecule has 0 aromatic heterocycles. The first-order valence-electron chi connectivity index (χ1n) is 7.04. The van der Waals surface area contributed by atoms with Crippen molar-refractivity contribution in [2.45, 2.75) is 37.6 Å². The molecule has 5 rings (SSSR count). The third-order valence-electron chi connectivity index (χ3n) is 5.27. The first-order chi connectivity index (χ1) is 8.73. The molecule has 0 heterocycles. The highest BCUT2D eigenvalue weighted by Crippen LogP contribution is 2.62. The van der Waals surface area contributed by atoms with Crippen LogP contribution in [0.1, 0.15) is 37.7 Å². The van der Waals surface area contributed by atoms with Gasteiger partial charge >= 0.3 is 0 Å². The molecule has 0 amide bonds. The summed E-state index contributed by atoms with van der Waals surface area (Å²) in [6.45, 7) is 0. The molecule has 4 aliphatic carbocycles. The molecular weight excluding hydrogens is 286 g/mol. The molecule has 2 heteroatoms. The van der Waals surface area contributed by atoms with Gasteiger partial charge in [0.2, 0.25) is 0 Å². The second-order valence-electron chi connectivity index (χ2n) is 6.46. The van der Waals surface area contributed by atoms with E-state index in [4.69, 9.17) is 4.99 Å². The molecule has 1 aromatic rings. The lowest BCUT2D eigenvalue weighted by atomic mass is 9.80. The fraction of sp³-hybridized carbons (Fsp3) is 0.562. The Morgan fingerprint density at radius 2 is 1.94 bits per heavy atom. The molecule has 0 aliphatic heterocycles. The number of benzene rings is 1. The van der Waals surface area contributed by atoms with Gasteiger partial charge in [0, 0.05) is 10.7 Å². The van der Waals surface area contributed by atoms with E-state index in [9.17, 15) is 0 Å². The van der Waals surface area contributed by atoms with E-state index in [1.165, 1.54) is 37.7 Å². The van der Waals surface area contributed by atoms with Crippen LogP contribution in [0.15, 0.2) is 33.7 Å². The fourth-order valence-electron chi connectivity index (χ4n) is 4.75. The van der Waals surface area contributed by atoms with E-state index < -0.39 is 0 Å². The molecule has 4 saturated carbocycles. The summed E-state index contributed by atoms with van der Waals surface area (Å²) in [5, 5.41) is 0. The van der Waals surface area contributed by atoms with Gasteiger partial charge in [0.25, 0.3) is 0 Å². The molecule has 1 aromatic carbocycles. The number of hydrogen-bond donors (Lipinski definition) is 0. The molecule has 0 N–H and O–H groups in total. The van der Waals surface area contributed by atoms with Crippen molar-refractivity contribution in [2.24, 2.45) is 22.7 Å². The van der Waals surface area contributed by atoms with Crippen molar-refractivity contribution in [1.82, 2.24) is 0 Å². The third-order valence-corrected chi connectivity index (χ3v) is 5.76. The Labute approximate surface area is 117 Å². The van der Waals surface area contributed by atoms with Gasteiger partial charge in [0.15, 0.2) is 0 Å². The molecule has 4 aliphatic rings. The van der Waals surface area contributed by atoms with Crippen molar-refractivity contribution in [3.8, 4) is 0 Å². The maximum Gasteiger partial charge on any atom is 0.0641 e. The van der Waals surface area contributed by atoms with Gasteiger partial charge in [0.1, 0.15) is 0 Å². The number of rotatable bonds is 2. The van der Waals surface area contributed by atoms with Crippen LogP contribution in [0.2, 0.25) is 0 Å². The highest BCUT2D eigenvalue weighted by molar-refractivity contribution is 9.10. The Balaban J connectivity index is 1.62. The zero-order chi connectivity index (χ0) is 12.2. The van der Waals surface area contributed by atoms with Crippen LogP contribution < -0.4 is 0 Å². The van der Waals surface area contributed by atoms with E-state index in [0.29, 0.717) is 5.54 Å². The summed E-state index contributed by atoms with van der Waals surface area (Å²) in [6, 6.07) is 8.45. The van der Waals surface area contributed by atoms with E-state index in [-0.39, 0.29) is 0 Å². The molecule has 2 unspecified atom stereocenters. The van der Waals surface area contributed by atoms with Gasteiger partial charge in [-0.05, 0) is 67.6 Å². The minimum atomic E-state index is 0.329. The van der Waals surface area contributed by atoms with E-state index in [0.717, 1.165) is 22.2 Å². The molecule has 1 nitrogen and oxygen atoms in total. The minimum Gasteiger partial charge on any atom is -0.286 e. The van der Waals surface area contributed by atoms with Crippen molar-refractivity contribution in [3.05, 3.63) is 34.3 Å². The van der Waals surface area contributed by atoms with Gasteiger partial charge in [-0.25, -0.2) is 0 Å². The normalized spacial score (nSPS) is 41.1. The first kappa shape index (κ1) is 11.2. The summed E-state index contributed by atoms with van der Waals surface area (Å²) in [4.78, 5) is 5.06. The Morgan fingerprint density at radius 3 is 2.67 bits per heavy atom. The SMILES string of the molecule is Brc1cccc(/C=N/C23CC4CC(CC2C4)C3)c1. The standard InChI is InChI=1S/C16H18BrN/c17-15-3-1-2-11(7-15)10-18-16-8-12-4-13(9-16)6-14(16)5-12/h1-3,7,10,12-14H,4-6,8-9H2/b18-10+. The van der Waals surface area contributed by atoms with Crippen molar-refractivity contribution in [1.29, 1.82) is 0 Å². The predicted octanol–water partition coefficient (Wildman–Crippen LogP) is 4.45. The largest absolute Gasteiger partial charge is 0.286 e. The van der Waals surface area contributed by atoms with Gasteiger partial charge < -0.3 is 0 Å². The Bertz CT molecular complexity index is 494. The first-order valence-corrected chi connectivity index (χ1v) is 7.84. The maximum atomic E-state index is 5.06. The third kappa shape index (κ3) is 1.69. The molecule has 4 bridgehead atoms. The zero-order valence-corrected chi connectivity index (χ0v) is 12.1. The summed E-state index contributed by atoms with van der Waals surface area (Å²) in [6.07, 6.45) is 9.23. The molecule has 18 heavy (non-hydrogen) atoms. The topological polar surface area (TPSA) is 12.4 Å². The van der Waals surface area contributed by atoms with Gasteiger partial charge in [-0.3, -0.25) is 4.99 Å². The highest BCUT2D eigenvalue weighted by Gasteiger charge is 2.57. The van der Waals surface area contributed by atoms with Crippen LogP contribution in [0.25, 0.3) is 0 Å². The van der Waals surface area contributed by atoms with Gasteiger partial charge in [0.05, 0.1) is 5.54 Å². The van der Waals surface area contributed by atoms with Crippen LogP contribution in [-0.4, -0.2) is 11.8 Å². The summed E-state index contributed by atoms with van der Waals surface area (Å²) in [7, 11) is 0. The van der Waals surface area contributed by atoms with E-state index in [2.05, 4.69) is 46.4 Å². The van der Waals surface area contributed by atoms with Crippen LogP contribution >= 0.6 is 15.9 Å². The molecular formula is C16H18BrN. The number of aliphatic imine (C=N–C) groups is 1. The Morgan fingerprint density at radius 1 is 1.17 bits per heavy atom. The van der Waals surface area contributed by atoms with Crippen molar-refractivity contribution >= 4 is 22.1 Å². The zero-order valence-electron chi connectivity index (χ0n) is 10.5. The predicted molar refractivity (Wildman–Crippen MR) is 78.0 cm³/mol. The number of hydrogen-bond acceptors (Lipinski definition) is 1. The van der Waals surface area contributed by atoms with Gasteiger partial charge in [-0.15, -0.1) is 0 Å². The Kier molecular flexibility index (Phi) is 2.45. The molecule has 4 fully saturated rings. The quantitative estimate of drug-likeness (QED) is 0.716. The monoisotopic (exact) mass is 303 g/mol. The number of nitrogens with zero attached hydrogens (tertiary/aromatic N) is 1. The smallest absolute Gasteiger partial charge is 0.0641 e. The lowest BCUT2D eigenvalue weighted by Gasteiger charge is -2.29. The average Bonchev–Trinajstić information content (AvgIpc) is 2.73.